The van der Waals surface area contributed by atoms with Crippen molar-refractivity contribution in [3.8, 4) is 0 Å². The summed E-state index contributed by atoms with van der Waals surface area (Å²) in [6.45, 7) is 10.9. The average molecular weight is 534 g/mol. The maximum Gasteiger partial charge on any atom is 0.490 e. The predicted molar refractivity (Wildman–Crippen MR) is 137 cm³/mol. The number of rotatable bonds is 2. The molecule has 1 fully saturated rings. The minimum atomic E-state index is -5.08. The number of pyridine rings is 2. The maximum absolute atomic E-state index is 13.2. The van der Waals surface area contributed by atoms with E-state index in [0.717, 1.165) is 53.5 Å². The molecule has 2 atom stereocenters. The standard InChI is InChI=1S/C23H29N7O.C2HF3O2/c1-14-9-21-26-17(4)12-29(21)13-19(14)27-23(31)30-8-6-18-20(5-7-24-22(18)30)28-10-15(2)25-16(3)11-28;3-2(4,5)1(6)7/h5,7,9,12-13,15-16,25H,6,8,10-11H2,1-4H3,(H,27,31);(H,6,7)/t15-,16+;. The molecule has 13 heteroatoms. The van der Waals surface area contributed by atoms with Crippen molar-refractivity contribution >= 4 is 34.8 Å². The summed E-state index contributed by atoms with van der Waals surface area (Å²) in [7, 11) is 0. The molecule has 0 bridgehead atoms. The zero-order valence-corrected chi connectivity index (χ0v) is 21.5. The molecule has 3 N–H and O–H groups in total. The molecule has 10 nitrogen and oxygen atoms in total. The maximum atomic E-state index is 13.2. The van der Waals surface area contributed by atoms with Gasteiger partial charge in [0.05, 0.1) is 11.4 Å². The van der Waals surface area contributed by atoms with Gasteiger partial charge >= 0.3 is 18.2 Å². The lowest BCUT2D eigenvalue weighted by atomic mass is 10.1. The van der Waals surface area contributed by atoms with Crippen molar-refractivity contribution in [3.05, 3.63) is 47.5 Å². The summed E-state index contributed by atoms with van der Waals surface area (Å²) in [6.07, 6.45) is 1.44. The van der Waals surface area contributed by atoms with Crippen molar-refractivity contribution < 1.29 is 27.9 Å². The Morgan fingerprint density at radius 3 is 2.45 bits per heavy atom. The number of carbonyl (C=O) groups is 2. The van der Waals surface area contributed by atoms with Gasteiger partial charge in [-0.1, -0.05) is 0 Å². The molecule has 3 aromatic rings. The van der Waals surface area contributed by atoms with E-state index >= 15 is 0 Å². The van der Waals surface area contributed by atoms with Gasteiger partial charge in [-0.15, -0.1) is 0 Å². The number of fused-ring (bicyclic) bond motifs is 2. The summed E-state index contributed by atoms with van der Waals surface area (Å²) in [4.78, 5) is 35.3. The van der Waals surface area contributed by atoms with Crippen LogP contribution in [-0.2, 0) is 11.2 Å². The summed E-state index contributed by atoms with van der Waals surface area (Å²) in [5, 5.41) is 13.8. The number of hydrogen-bond acceptors (Lipinski definition) is 6. The van der Waals surface area contributed by atoms with Crippen molar-refractivity contribution in [1.82, 2.24) is 19.7 Å². The first-order valence-electron chi connectivity index (χ1n) is 12.2. The van der Waals surface area contributed by atoms with Crippen molar-refractivity contribution in [2.24, 2.45) is 0 Å². The summed E-state index contributed by atoms with van der Waals surface area (Å²) < 4.78 is 33.7. The fourth-order valence-electron chi connectivity index (χ4n) is 4.86. The minimum absolute atomic E-state index is 0.148. The lowest BCUT2D eigenvalue weighted by Crippen LogP contribution is -2.54. The quantitative estimate of drug-likeness (QED) is 0.460. The van der Waals surface area contributed by atoms with Gasteiger partial charge in [-0.3, -0.25) is 4.90 Å². The Kier molecular flexibility index (Phi) is 7.49. The van der Waals surface area contributed by atoms with Gasteiger partial charge in [-0.05, 0) is 51.8 Å². The number of alkyl halides is 3. The van der Waals surface area contributed by atoms with Gasteiger partial charge < -0.3 is 25.0 Å². The second-order valence-electron chi connectivity index (χ2n) is 9.66. The molecular formula is C25H30F3N7O3. The van der Waals surface area contributed by atoms with Crippen LogP contribution in [-0.4, -0.2) is 69.4 Å². The normalized spacial score (nSPS) is 19.1. The fraction of sp³-hybridized carbons (Fsp3) is 0.440. The third-order valence-corrected chi connectivity index (χ3v) is 6.40. The number of piperazine rings is 1. The number of hydrogen-bond donors (Lipinski definition) is 3. The minimum Gasteiger partial charge on any atom is -0.475 e. The van der Waals surface area contributed by atoms with Gasteiger partial charge in [0.15, 0.2) is 0 Å². The third kappa shape index (κ3) is 5.82. The number of urea groups is 1. The number of aryl methyl sites for hydroxylation is 2. The Morgan fingerprint density at radius 2 is 1.82 bits per heavy atom. The number of imidazole rings is 1. The largest absolute Gasteiger partial charge is 0.490 e. The van der Waals surface area contributed by atoms with Crippen molar-refractivity contribution in [2.45, 2.75) is 52.4 Å². The molecule has 0 aliphatic carbocycles. The van der Waals surface area contributed by atoms with Crippen LogP contribution in [0.4, 0.5) is 35.2 Å². The Bertz CT molecular complexity index is 1350. The number of amides is 2. The van der Waals surface area contributed by atoms with Crippen LogP contribution >= 0.6 is 0 Å². The van der Waals surface area contributed by atoms with Crippen LogP contribution in [0.3, 0.4) is 0 Å². The Morgan fingerprint density at radius 1 is 1.16 bits per heavy atom. The number of nitrogens with zero attached hydrogens (tertiary/aromatic N) is 5. The highest BCUT2D eigenvalue weighted by atomic mass is 19.4. The lowest BCUT2D eigenvalue weighted by molar-refractivity contribution is -0.192. The number of nitrogens with one attached hydrogen (secondary N) is 2. The molecule has 2 aliphatic heterocycles. The number of anilines is 3. The highest BCUT2D eigenvalue weighted by Crippen LogP contribution is 2.35. The van der Waals surface area contributed by atoms with E-state index < -0.39 is 12.1 Å². The van der Waals surface area contributed by atoms with E-state index in [1.54, 1.807) is 4.90 Å². The SMILES string of the molecule is Cc1cn2cc(NC(=O)N3CCc4c(N5C[C@@H](C)N[C@@H](C)C5)ccnc43)c(C)cc2n1.O=C(O)C(F)(F)F. The van der Waals surface area contributed by atoms with Gasteiger partial charge in [-0.25, -0.2) is 19.6 Å². The molecule has 0 spiro atoms. The summed E-state index contributed by atoms with van der Waals surface area (Å²) in [5.74, 6) is -1.99. The van der Waals surface area contributed by atoms with E-state index in [9.17, 15) is 18.0 Å². The number of carboxylic acids is 1. The molecule has 5 rings (SSSR count). The average Bonchev–Trinajstić information content (AvgIpc) is 3.40. The van der Waals surface area contributed by atoms with Crippen molar-refractivity contribution in [2.75, 3.05) is 34.8 Å². The first-order valence-corrected chi connectivity index (χ1v) is 12.2. The highest BCUT2D eigenvalue weighted by Gasteiger charge is 2.38. The Balaban J connectivity index is 0.000000426. The highest BCUT2D eigenvalue weighted by molar-refractivity contribution is 6.03. The molecule has 1 saturated heterocycles. The number of carbonyl (C=O) groups excluding carboxylic acids is 1. The van der Waals surface area contributed by atoms with Gasteiger partial charge in [-0.2, -0.15) is 13.2 Å². The molecular weight excluding hydrogens is 503 g/mol. The number of aromatic nitrogens is 3. The molecule has 38 heavy (non-hydrogen) atoms. The van der Waals surface area contributed by atoms with Gasteiger partial charge in [0, 0.05) is 61.6 Å². The molecule has 0 radical (unpaired) electrons. The first kappa shape index (κ1) is 27.2. The zero-order chi connectivity index (χ0) is 27.8. The van der Waals surface area contributed by atoms with Crippen LogP contribution in [0.2, 0.25) is 0 Å². The summed E-state index contributed by atoms with van der Waals surface area (Å²) >= 11 is 0. The Labute approximate surface area is 217 Å². The summed E-state index contributed by atoms with van der Waals surface area (Å²) in [6, 6.07) is 4.79. The number of halogens is 3. The predicted octanol–water partition coefficient (Wildman–Crippen LogP) is 3.76. The molecule has 5 heterocycles. The Hall–Kier alpha value is -3.87. The van der Waals surface area contributed by atoms with E-state index in [0.29, 0.717) is 18.6 Å². The second-order valence-corrected chi connectivity index (χ2v) is 9.66. The van der Waals surface area contributed by atoms with Gasteiger partial charge in [0.25, 0.3) is 0 Å². The molecule has 2 amide bonds. The van der Waals surface area contributed by atoms with Crippen LogP contribution in [0.15, 0.2) is 30.7 Å². The molecule has 2 aliphatic rings. The van der Waals surface area contributed by atoms with E-state index in [1.165, 1.54) is 5.69 Å². The second kappa shape index (κ2) is 10.5. The number of carboxylic acid groups (broad SMARTS) is 1. The molecule has 0 unspecified atom stereocenters. The van der Waals surface area contributed by atoms with Crippen LogP contribution in [0.1, 0.15) is 30.7 Å². The van der Waals surface area contributed by atoms with Crippen LogP contribution < -0.4 is 20.4 Å². The first-order chi connectivity index (χ1) is 17.8. The van der Waals surface area contributed by atoms with E-state index in [-0.39, 0.29) is 6.03 Å². The van der Waals surface area contributed by atoms with Crippen molar-refractivity contribution in [3.63, 3.8) is 0 Å². The van der Waals surface area contributed by atoms with Crippen LogP contribution in [0.25, 0.3) is 5.65 Å². The summed E-state index contributed by atoms with van der Waals surface area (Å²) in [5.41, 5.74) is 5.96. The third-order valence-electron chi connectivity index (χ3n) is 6.40. The zero-order valence-electron chi connectivity index (χ0n) is 21.5. The monoisotopic (exact) mass is 533 g/mol. The molecule has 204 valence electrons. The topological polar surface area (TPSA) is 115 Å². The molecule has 3 aromatic heterocycles. The number of aliphatic carboxylic acids is 1. The van der Waals surface area contributed by atoms with E-state index in [2.05, 4.69) is 45.4 Å². The fourth-order valence-corrected chi connectivity index (χ4v) is 4.86. The van der Waals surface area contributed by atoms with Crippen LogP contribution in [0, 0.1) is 13.8 Å². The smallest absolute Gasteiger partial charge is 0.475 e. The molecule has 0 saturated carbocycles. The molecule has 0 aromatic carbocycles. The van der Waals surface area contributed by atoms with Gasteiger partial charge in [0.1, 0.15) is 11.5 Å². The van der Waals surface area contributed by atoms with Crippen LogP contribution in [0.5, 0.6) is 0 Å². The van der Waals surface area contributed by atoms with Gasteiger partial charge in [0.2, 0.25) is 0 Å². The van der Waals surface area contributed by atoms with E-state index in [4.69, 9.17) is 9.90 Å². The lowest BCUT2D eigenvalue weighted by Gasteiger charge is -2.38. The van der Waals surface area contributed by atoms with Crippen molar-refractivity contribution in [1.29, 1.82) is 0 Å². The van der Waals surface area contributed by atoms with E-state index in [1.807, 2.05) is 42.9 Å².